The van der Waals surface area contributed by atoms with E-state index in [1.165, 1.54) is 40.3 Å². The van der Waals surface area contributed by atoms with E-state index in [0.29, 0.717) is 16.9 Å². The third-order valence-electron chi connectivity index (χ3n) is 6.38. The Labute approximate surface area is 179 Å². The van der Waals surface area contributed by atoms with Crippen LogP contribution in [0.5, 0.6) is 5.75 Å². The van der Waals surface area contributed by atoms with Gasteiger partial charge >= 0.3 is 0 Å². The summed E-state index contributed by atoms with van der Waals surface area (Å²) in [5.41, 5.74) is 4.81. The van der Waals surface area contributed by atoms with E-state index in [2.05, 4.69) is 48.0 Å². The van der Waals surface area contributed by atoms with Gasteiger partial charge in [-0.2, -0.15) is 0 Å². The highest BCUT2D eigenvalue weighted by Crippen LogP contribution is 2.38. The molecule has 0 amide bonds. The molecular weight excluding hydrogens is 394 g/mol. The maximum absolute atomic E-state index is 12.1. The molecule has 3 aromatic rings. The molecule has 4 rings (SSSR count). The lowest BCUT2D eigenvalue weighted by atomic mass is 9.87. The van der Waals surface area contributed by atoms with Crippen molar-refractivity contribution in [2.75, 3.05) is 19.9 Å². The summed E-state index contributed by atoms with van der Waals surface area (Å²) >= 11 is 0. The molecule has 0 unspecified atom stereocenters. The summed E-state index contributed by atoms with van der Waals surface area (Å²) in [4.78, 5) is 6.50. The predicted octanol–water partition coefficient (Wildman–Crippen LogP) is 5.49. The van der Waals surface area contributed by atoms with E-state index < -0.39 is 9.73 Å². The maximum atomic E-state index is 12.1. The van der Waals surface area contributed by atoms with Gasteiger partial charge in [0.25, 0.3) is 0 Å². The molecule has 0 spiro atoms. The number of hydrogen-bond donors (Lipinski definition) is 2. The van der Waals surface area contributed by atoms with Gasteiger partial charge < -0.3 is 9.72 Å². The summed E-state index contributed by atoms with van der Waals surface area (Å²) < 4.78 is 25.7. The first-order chi connectivity index (χ1) is 14.3. The van der Waals surface area contributed by atoms with E-state index in [4.69, 9.17) is 9.52 Å². The van der Waals surface area contributed by atoms with Crippen molar-refractivity contribution in [3.05, 3.63) is 59.3 Å². The summed E-state index contributed by atoms with van der Waals surface area (Å²) in [6, 6.07) is 12.4. The standard InChI is InChI=1S/C24H31N3O2S/c1-16-10-12-27(22(13-16)18-5-7-19(8-6-18)30(4,25)28)15-21-20-9-11-26-24(20)17(2)14-23(21)29-3/h5-9,11,14,16,22,25-26H,10,12-13,15H2,1-4H3/t16-,22+,30-/m1/s1. The first-order valence-electron chi connectivity index (χ1n) is 10.5. The molecule has 1 aliphatic heterocycles. The van der Waals surface area contributed by atoms with Crippen LogP contribution >= 0.6 is 0 Å². The Balaban J connectivity index is 1.70. The lowest BCUT2D eigenvalue weighted by Crippen LogP contribution is -2.36. The molecule has 0 aliphatic carbocycles. The average Bonchev–Trinajstić information content (AvgIpc) is 3.21. The second-order valence-corrected chi connectivity index (χ2v) is 10.8. The number of nitrogens with zero attached hydrogens (tertiary/aromatic N) is 1. The number of piperidine rings is 1. The first-order valence-corrected chi connectivity index (χ1v) is 12.5. The summed E-state index contributed by atoms with van der Waals surface area (Å²) in [7, 11) is -0.943. The van der Waals surface area contributed by atoms with Crippen molar-refractivity contribution in [3.8, 4) is 5.75 Å². The third kappa shape index (κ3) is 3.98. The molecule has 3 atom stereocenters. The molecule has 2 aromatic carbocycles. The van der Waals surface area contributed by atoms with Crippen LogP contribution < -0.4 is 4.74 Å². The number of methoxy groups -OCH3 is 1. The Kier molecular flexibility index (Phi) is 5.64. The molecule has 1 aromatic heterocycles. The minimum absolute atomic E-state index is 0.293. The average molecular weight is 426 g/mol. The molecule has 0 bridgehead atoms. The van der Waals surface area contributed by atoms with Crippen molar-refractivity contribution in [1.82, 2.24) is 9.88 Å². The van der Waals surface area contributed by atoms with Crippen molar-refractivity contribution >= 4 is 20.6 Å². The van der Waals surface area contributed by atoms with E-state index in [0.717, 1.165) is 25.3 Å². The van der Waals surface area contributed by atoms with Gasteiger partial charge in [0.15, 0.2) is 0 Å². The second kappa shape index (κ2) is 8.08. The van der Waals surface area contributed by atoms with Gasteiger partial charge in [0.1, 0.15) is 5.75 Å². The van der Waals surface area contributed by atoms with Crippen LogP contribution in [-0.2, 0) is 16.3 Å². The number of rotatable bonds is 5. The Hall–Kier alpha value is -2.31. The number of aryl methyl sites for hydroxylation is 1. The van der Waals surface area contributed by atoms with Crippen LogP contribution in [0.15, 0.2) is 47.5 Å². The SMILES string of the molecule is COc1cc(C)c2[nH]ccc2c1CN1CC[C@@H](C)C[C@H]1c1ccc([S@](C)(=N)=O)cc1. The lowest BCUT2D eigenvalue weighted by Gasteiger charge is -2.39. The number of ether oxygens (including phenoxy) is 1. The molecule has 2 heterocycles. The van der Waals surface area contributed by atoms with Crippen molar-refractivity contribution < 1.29 is 8.95 Å². The number of likely N-dealkylation sites (tertiary alicyclic amines) is 1. The van der Waals surface area contributed by atoms with Crippen molar-refractivity contribution in [2.45, 2.75) is 44.2 Å². The quantitative estimate of drug-likeness (QED) is 0.568. The van der Waals surface area contributed by atoms with Crippen LogP contribution in [0.25, 0.3) is 10.9 Å². The molecule has 0 radical (unpaired) electrons. The molecule has 1 fully saturated rings. The molecule has 160 valence electrons. The molecule has 2 N–H and O–H groups in total. The first kappa shape index (κ1) is 20.9. The number of aromatic nitrogens is 1. The molecule has 0 saturated carbocycles. The molecule has 30 heavy (non-hydrogen) atoms. The summed E-state index contributed by atoms with van der Waals surface area (Å²) in [6.45, 7) is 6.27. The number of aromatic amines is 1. The van der Waals surface area contributed by atoms with Gasteiger partial charge in [-0.15, -0.1) is 0 Å². The Morgan fingerprint density at radius 2 is 2.00 bits per heavy atom. The zero-order valence-corrected chi connectivity index (χ0v) is 19.0. The van der Waals surface area contributed by atoms with Crippen LogP contribution in [0.4, 0.5) is 0 Å². The van der Waals surface area contributed by atoms with Crippen LogP contribution in [-0.4, -0.2) is 34.0 Å². The Morgan fingerprint density at radius 3 is 2.67 bits per heavy atom. The molecular formula is C24H31N3O2S. The lowest BCUT2D eigenvalue weighted by molar-refractivity contribution is 0.110. The van der Waals surface area contributed by atoms with Gasteiger partial charge in [0.05, 0.1) is 16.8 Å². The van der Waals surface area contributed by atoms with E-state index >= 15 is 0 Å². The van der Waals surface area contributed by atoms with Crippen molar-refractivity contribution in [1.29, 1.82) is 4.78 Å². The highest BCUT2D eigenvalue weighted by Gasteiger charge is 2.29. The zero-order valence-electron chi connectivity index (χ0n) is 18.2. The van der Waals surface area contributed by atoms with Crippen LogP contribution in [0, 0.1) is 17.6 Å². The number of benzene rings is 2. The highest BCUT2D eigenvalue weighted by atomic mass is 32.2. The fourth-order valence-electron chi connectivity index (χ4n) is 4.66. The van der Waals surface area contributed by atoms with Gasteiger partial charge in [-0.25, -0.2) is 8.99 Å². The predicted molar refractivity (Wildman–Crippen MR) is 123 cm³/mol. The number of H-pyrrole nitrogens is 1. The summed E-state index contributed by atoms with van der Waals surface area (Å²) in [5, 5.41) is 1.22. The Morgan fingerprint density at radius 1 is 1.27 bits per heavy atom. The summed E-state index contributed by atoms with van der Waals surface area (Å²) in [5.74, 6) is 1.59. The number of hydrogen-bond acceptors (Lipinski definition) is 4. The minimum atomic E-state index is -2.69. The van der Waals surface area contributed by atoms with Gasteiger partial charge in [-0.1, -0.05) is 19.1 Å². The number of nitrogens with one attached hydrogen (secondary N) is 2. The van der Waals surface area contributed by atoms with Crippen molar-refractivity contribution in [3.63, 3.8) is 0 Å². The molecule has 1 saturated heterocycles. The zero-order chi connectivity index (χ0) is 21.5. The van der Waals surface area contributed by atoms with E-state index in [1.807, 2.05) is 18.3 Å². The third-order valence-corrected chi connectivity index (χ3v) is 7.55. The Bertz CT molecular complexity index is 1150. The van der Waals surface area contributed by atoms with Crippen molar-refractivity contribution in [2.24, 2.45) is 5.92 Å². The maximum Gasteiger partial charge on any atom is 0.124 e. The fraction of sp³-hybridized carbons (Fsp3) is 0.417. The van der Waals surface area contributed by atoms with Crippen LogP contribution in [0.1, 0.15) is 42.5 Å². The normalized spacial score (nSPS) is 22.1. The van der Waals surface area contributed by atoms with Crippen LogP contribution in [0.3, 0.4) is 0 Å². The van der Waals surface area contributed by atoms with E-state index in [1.54, 1.807) is 7.11 Å². The topological polar surface area (TPSA) is 69.2 Å². The molecule has 5 nitrogen and oxygen atoms in total. The smallest absolute Gasteiger partial charge is 0.124 e. The fourth-order valence-corrected chi connectivity index (χ4v) is 5.32. The minimum Gasteiger partial charge on any atom is -0.496 e. The largest absolute Gasteiger partial charge is 0.496 e. The van der Waals surface area contributed by atoms with E-state index in [-0.39, 0.29) is 0 Å². The monoisotopic (exact) mass is 425 g/mol. The van der Waals surface area contributed by atoms with E-state index in [9.17, 15) is 4.21 Å². The summed E-state index contributed by atoms with van der Waals surface area (Å²) in [6.07, 6.45) is 5.74. The van der Waals surface area contributed by atoms with Gasteiger partial charge in [-0.3, -0.25) is 4.90 Å². The van der Waals surface area contributed by atoms with Gasteiger partial charge in [0, 0.05) is 46.4 Å². The highest BCUT2D eigenvalue weighted by molar-refractivity contribution is 7.91. The molecule has 6 heteroatoms. The van der Waals surface area contributed by atoms with Crippen LogP contribution in [0.2, 0.25) is 0 Å². The molecule has 1 aliphatic rings. The van der Waals surface area contributed by atoms with Gasteiger partial charge in [-0.05, 0) is 67.6 Å². The number of fused-ring (bicyclic) bond motifs is 1. The second-order valence-electron chi connectivity index (χ2n) is 8.67. The van der Waals surface area contributed by atoms with Gasteiger partial charge in [0.2, 0.25) is 0 Å².